The summed E-state index contributed by atoms with van der Waals surface area (Å²) in [4.78, 5) is 17.6. The van der Waals surface area contributed by atoms with Crippen molar-refractivity contribution in [2.45, 2.75) is 26.7 Å². The van der Waals surface area contributed by atoms with Crippen LogP contribution in [0.3, 0.4) is 0 Å². The predicted octanol–water partition coefficient (Wildman–Crippen LogP) is 3.01. The van der Waals surface area contributed by atoms with Crippen molar-refractivity contribution >= 4 is 29.3 Å². The third-order valence-electron chi connectivity index (χ3n) is 4.00. The van der Waals surface area contributed by atoms with Crippen LogP contribution in [-0.4, -0.2) is 47.2 Å². The fourth-order valence-electron chi connectivity index (χ4n) is 2.59. The molecule has 0 aliphatic carbocycles. The van der Waals surface area contributed by atoms with Crippen LogP contribution >= 0.6 is 11.3 Å². The smallest absolute Gasteiger partial charge is 0.318 e. The van der Waals surface area contributed by atoms with Gasteiger partial charge in [-0.2, -0.15) is 0 Å². The molecule has 1 saturated heterocycles. The first-order valence-corrected chi connectivity index (χ1v) is 9.02. The lowest BCUT2D eigenvalue weighted by molar-refractivity contribution is -0.127. The molecule has 1 aliphatic rings. The summed E-state index contributed by atoms with van der Waals surface area (Å²) in [7, 11) is 0. The van der Waals surface area contributed by atoms with Crippen LogP contribution in [0.15, 0.2) is 27.5 Å². The van der Waals surface area contributed by atoms with Gasteiger partial charge >= 0.3 is 6.01 Å². The highest BCUT2D eigenvalue weighted by molar-refractivity contribution is 7.10. The van der Waals surface area contributed by atoms with Crippen molar-refractivity contribution in [3.05, 3.63) is 33.9 Å². The number of nitrogens with zero attached hydrogens (tertiary/aromatic N) is 4. The van der Waals surface area contributed by atoms with Gasteiger partial charge in [0.25, 0.3) is 0 Å². The Labute approximate surface area is 145 Å². The summed E-state index contributed by atoms with van der Waals surface area (Å²) in [5.74, 6) is 0.967. The minimum atomic E-state index is 0.0939. The summed E-state index contributed by atoms with van der Waals surface area (Å²) in [5, 5.41) is 10.2. The SMILES string of the molecule is C/C(=C\c1cccs1)C(=O)N1CCN(c2nnc(C(C)C)o2)CC1. The van der Waals surface area contributed by atoms with Crippen LogP contribution in [0.5, 0.6) is 0 Å². The number of carbonyl (C=O) groups is 1. The average Bonchev–Trinajstić information content (AvgIpc) is 3.26. The Balaban J connectivity index is 1.59. The lowest BCUT2D eigenvalue weighted by atomic mass is 10.2. The van der Waals surface area contributed by atoms with Crippen LogP contribution in [0.2, 0.25) is 0 Å². The van der Waals surface area contributed by atoms with E-state index in [4.69, 9.17) is 4.42 Å². The van der Waals surface area contributed by atoms with Gasteiger partial charge in [0, 0.05) is 42.5 Å². The van der Waals surface area contributed by atoms with Gasteiger partial charge < -0.3 is 14.2 Å². The first kappa shape index (κ1) is 16.7. The highest BCUT2D eigenvalue weighted by Gasteiger charge is 2.25. The van der Waals surface area contributed by atoms with E-state index in [0.717, 1.165) is 10.5 Å². The maximum atomic E-state index is 12.6. The molecular weight excluding hydrogens is 324 g/mol. The van der Waals surface area contributed by atoms with Crippen molar-refractivity contribution in [2.75, 3.05) is 31.1 Å². The van der Waals surface area contributed by atoms with Crippen LogP contribution in [0, 0.1) is 0 Å². The average molecular weight is 346 g/mol. The van der Waals surface area contributed by atoms with Gasteiger partial charge in [-0.3, -0.25) is 4.79 Å². The third kappa shape index (κ3) is 3.67. The molecule has 1 aliphatic heterocycles. The van der Waals surface area contributed by atoms with Crippen LogP contribution in [-0.2, 0) is 4.79 Å². The standard InChI is InChI=1S/C17H22N4O2S/c1-12(2)15-18-19-17(23-15)21-8-6-20(7-9-21)16(22)13(3)11-14-5-4-10-24-14/h4-5,10-12H,6-9H2,1-3H3/b13-11+. The summed E-state index contributed by atoms with van der Waals surface area (Å²) in [6, 6.07) is 4.56. The number of anilines is 1. The summed E-state index contributed by atoms with van der Waals surface area (Å²) < 4.78 is 5.69. The minimum absolute atomic E-state index is 0.0939. The Morgan fingerprint density at radius 3 is 2.62 bits per heavy atom. The molecule has 7 heteroatoms. The zero-order chi connectivity index (χ0) is 17.1. The Morgan fingerprint density at radius 1 is 1.29 bits per heavy atom. The fourth-order valence-corrected chi connectivity index (χ4v) is 3.30. The largest absolute Gasteiger partial charge is 0.408 e. The van der Waals surface area contributed by atoms with Gasteiger partial charge in [-0.15, -0.1) is 16.4 Å². The Bertz CT molecular complexity index is 713. The first-order chi connectivity index (χ1) is 11.5. The number of rotatable bonds is 4. The molecule has 3 heterocycles. The lowest BCUT2D eigenvalue weighted by Crippen LogP contribution is -2.49. The highest BCUT2D eigenvalue weighted by Crippen LogP contribution is 2.20. The second-order valence-electron chi connectivity index (χ2n) is 6.20. The zero-order valence-electron chi connectivity index (χ0n) is 14.2. The normalized spacial score (nSPS) is 16.1. The topological polar surface area (TPSA) is 62.5 Å². The van der Waals surface area contributed by atoms with Gasteiger partial charge in [-0.05, 0) is 24.4 Å². The van der Waals surface area contributed by atoms with Crippen molar-refractivity contribution in [1.82, 2.24) is 15.1 Å². The molecule has 0 atom stereocenters. The van der Waals surface area contributed by atoms with Gasteiger partial charge in [0.2, 0.25) is 11.8 Å². The van der Waals surface area contributed by atoms with Crippen molar-refractivity contribution in [2.24, 2.45) is 0 Å². The maximum Gasteiger partial charge on any atom is 0.318 e. The van der Waals surface area contributed by atoms with Crippen molar-refractivity contribution < 1.29 is 9.21 Å². The molecule has 0 unspecified atom stereocenters. The Kier molecular flexibility index (Phi) is 4.99. The lowest BCUT2D eigenvalue weighted by Gasteiger charge is -2.33. The summed E-state index contributed by atoms with van der Waals surface area (Å²) in [6.45, 7) is 8.66. The predicted molar refractivity (Wildman–Crippen MR) is 95.2 cm³/mol. The summed E-state index contributed by atoms with van der Waals surface area (Å²) >= 11 is 1.63. The van der Waals surface area contributed by atoms with E-state index < -0.39 is 0 Å². The van der Waals surface area contributed by atoms with Gasteiger partial charge in [-0.25, -0.2) is 0 Å². The van der Waals surface area contributed by atoms with Crippen LogP contribution < -0.4 is 4.90 Å². The summed E-state index contributed by atoms with van der Waals surface area (Å²) in [6.07, 6.45) is 1.95. The van der Waals surface area contributed by atoms with E-state index in [1.807, 2.05) is 54.2 Å². The molecule has 128 valence electrons. The zero-order valence-corrected chi connectivity index (χ0v) is 15.0. The van der Waals surface area contributed by atoms with Crippen molar-refractivity contribution in [1.29, 1.82) is 0 Å². The summed E-state index contributed by atoms with van der Waals surface area (Å²) in [5.41, 5.74) is 0.769. The molecule has 1 amide bonds. The van der Waals surface area contributed by atoms with Gasteiger partial charge in [0.1, 0.15) is 0 Å². The van der Waals surface area contributed by atoms with E-state index in [2.05, 4.69) is 10.2 Å². The molecule has 2 aromatic rings. The highest BCUT2D eigenvalue weighted by atomic mass is 32.1. The molecule has 0 aromatic carbocycles. The maximum absolute atomic E-state index is 12.6. The molecule has 0 radical (unpaired) electrons. The van der Waals surface area contributed by atoms with Crippen LogP contribution in [0.4, 0.5) is 6.01 Å². The van der Waals surface area contributed by atoms with Crippen LogP contribution in [0.1, 0.15) is 37.5 Å². The van der Waals surface area contributed by atoms with Gasteiger partial charge in [0.05, 0.1) is 0 Å². The number of hydrogen-bond acceptors (Lipinski definition) is 6. The van der Waals surface area contributed by atoms with Gasteiger partial charge in [0.15, 0.2) is 0 Å². The number of aromatic nitrogens is 2. The Morgan fingerprint density at radius 2 is 2.04 bits per heavy atom. The van der Waals surface area contributed by atoms with E-state index in [9.17, 15) is 4.79 Å². The first-order valence-electron chi connectivity index (χ1n) is 8.14. The molecule has 0 N–H and O–H groups in total. The monoisotopic (exact) mass is 346 g/mol. The fraction of sp³-hybridized carbons (Fsp3) is 0.471. The molecule has 24 heavy (non-hydrogen) atoms. The Hall–Kier alpha value is -2.15. The second kappa shape index (κ2) is 7.17. The van der Waals surface area contributed by atoms with E-state index in [1.165, 1.54) is 0 Å². The third-order valence-corrected chi connectivity index (χ3v) is 4.82. The van der Waals surface area contributed by atoms with E-state index in [-0.39, 0.29) is 11.8 Å². The number of carbonyl (C=O) groups excluding carboxylic acids is 1. The minimum Gasteiger partial charge on any atom is -0.408 e. The quantitative estimate of drug-likeness (QED) is 0.797. The molecule has 2 aromatic heterocycles. The number of amides is 1. The van der Waals surface area contributed by atoms with Gasteiger partial charge in [-0.1, -0.05) is 25.0 Å². The number of piperazine rings is 1. The molecule has 1 fully saturated rings. The van der Waals surface area contributed by atoms with Crippen molar-refractivity contribution in [3.8, 4) is 0 Å². The molecule has 3 rings (SSSR count). The molecule has 6 nitrogen and oxygen atoms in total. The molecular formula is C17H22N4O2S. The van der Waals surface area contributed by atoms with E-state index in [0.29, 0.717) is 38.1 Å². The van der Waals surface area contributed by atoms with Crippen molar-refractivity contribution in [3.63, 3.8) is 0 Å². The number of thiophene rings is 1. The van der Waals surface area contributed by atoms with Crippen LogP contribution in [0.25, 0.3) is 6.08 Å². The van der Waals surface area contributed by atoms with E-state index >= 15 is 0 Å². The molecule has 0 saturated carbocycles. The second-order valence-corrected chi connectivity index (χ2v) is 7.18. The number of hydrogen-bond donors (Lipinski definition) is 0. The molecule has 0 bridgehead atoms. The van der Waals surface area contributed by atoms with E-state index in [1.54, 1.807) is 11.3 Å². The molecule has 0 spiro atoms.